The van der Waals surface area contributed by atoms with E-state index in [1.165, 1.54) is 13.2 Å². The molecule has 0 amide bonds. The highest BCUT2D eigenvalue weighted by Gasteiger charge is 2.77. The quantitative estimate of drug-likeness (QED) is 0.488. The van der Waals surface area contributed by atoms with E-state index in [4.69, 9.17) is 4.74 Å². The van der Waals surface area contributed by atoms with Gasteiger partial charge in [0.1, 0.15) is 5.60 Å². The van der Waals surface area contributed by atoms with E-state index < -0.39 is 28.1 Å². The van der Waals surface area contributed by atoms with E-state index in [2.05, 4.69) is 0 Å². The minimum Gasteiger partial charge on any atom is -0.469 e. The molecular formula is C16H24O5. The molecule has 118 valence electrons. The van der Waals surface area contributed by atoms with Gasteiger partial charge >= 0.3 is 5.97 Å². The zero-order chi connectivity index (χ0) is 15.8. The van der Waals surface area contributed by atoms with Gasteiger partial charge in [-0.25, -0.2) is 0 Å². The van der Waals surface area contributed by atoms with Crippen molar-refractivity contribution in [3.63, 3.8) is 0 Å². The first-order chi connectivity index (χ1) is 9.52. The molecular weight excluding hydrogens is 272 g/mol. The molecule has 0 spiro atoms. The van der Waals surface area contributed by atoms with Crippen LogP contribution >= 0.6 is 0 Å². The van der Waals surface area contributed by atoms with Crippen LogP contribution in [0.2, 0.25) is 0 Å². The lowest BCUT2D eigenvalue weighted by Gasteiger charge is -2.45. The minimum absolute atomic E-state index is 0.0156. The standard InChI is InChI=1S/C16H24O5/c1-13(18)7-8-16(20)11(13)10-9(5-6-14(16,2)19)15(10,3)12(17)21-4/h7-11,18-20H,5-6H2,1-4H3/t9-,10-,11-,13+,14+,15+,16+/m0/s1. The van der Waals surface area contributed by atoms with Crippen LogP contribution in [-0.2, 0) is 9.53 Å². The number of esters is 1. The molecule has 0 aromatic heterocycles. The van der Waals surface area contributed by atoms with E-state index in [0.29, 0.717) is 12.8 Å². The number of fused-ring (bicyclic) bond motifs is 3. The Morgan fingerprint density at radius 1 is 1.19 bits per heavy atom. The predicted molar refractivity (Wildman–Crippen MR) is 75.2 cm³/mol. The molecule has 21 heavy (non-hydrogen) atoms. The number of rotatable bonds is 1. The molecule has 3 aliphatic rings. The average Bonchev–Trinajstić information content (AvgIpc) is 2.91. The van der Waals surface area contributed by atoms with Crippen molar-refractivity contribution in [2.75, 3.05) is 7.11 Å². The van der Waals surface area contributed by atoms with Crippen LogP contribution in [0.5, 0.6) is 0 Å². The fourth-order valence-electron chi connectivity index (χ4n) is 4.94. The third-order valence-electron chi connectivity index (χ3n) is 6.35. The largest absolute Gasteiger partial charge is 0.469 e. The lowest BCUT2D eigenvalue weighted by atomic mass is 9.69. The Bertz CT molecular complexity index is 523. The maximum absolute atomic E-state index is 12.2. The number of aliphatic hydroxyl groups is 3. The Hall–Kier alpha value is -0.910. The molecule has 2 fully saturated rings. The fourth-order valence-corrected chi connectivity index (χ4v) is 4.94. The number of carbonyl (C=O) groups is 1. The number of methoxy groups -OCH3 is 1. The van der Waals surface area contributed by atoms with Crippen molar-refractivity contribution in [3.8, 4) is 0 Å². The molecule has 5 heteroatoms. The van der Waals surface area contributed by atoms with Gasteiger partial charge < -0.3 is 20.1 Å². The zero-order valence-electron chi connectivity index (χ0n) is 13.0. The maximum Gasteiger partial charge on any atom is 0.312 e. The summed E-state index contributed by atoms with van der Waals surface area (Å²) < 4.78 is 4.93. The Kier molecular flexibility index (Phi) is 2.78. The minimum atomic E-state index is -1.53. The van der Waals surface area contributed by atoms with Crippen molar-refractivity contribution in [3.05, 3.63) is 12.2 Å². The van der Waals surface area contributed by atoms with Gasteiger partial charge in [-0.3, -0.25) is 4.79 Å². The molecule has 0 saturated heterocycles. The Morgan fingerprint density at radius 2 is 1.81 bits per heavy atom. The highest BCUT2D eigenvalue weighted by molar-refractivity contribution is 5.81. The van der Waals surface area contributed by atoms with Crippen molar-refractivity contribution < 1.29 is 24.9 Å². The van der Waals surface area contributed by atoms with Crippen molar-refractivity contribution >= 4 is 5.97 Å². The average molecular weight is 296 g/mol. The molecule has 0 heterocycles. The summed E-state index contributed by atoms with van der Waals surface area (Å²) in [7, 11) is 1.36. The van der Waals surface area contributed by atoms with Crippen molar-refractivity contribution in [1.29, 1.82) is 0 Å². The molecule has 5 nitrogen and oxygen atoms in total. The van der Waals surface area contributed by atoms with Crippen LogP contribution in [0.4, 0.5) is 0 Å². The van der Waals surface area contributed by atoms with Gasteiger partial charge in [0.15, 0.2) is 0 Å². The van der Waals surface area contributed by atoms with Crippen LogP contribution in [0.3, 0.4) is 0 Å². The normalized spacial score (nSPS) is 58.1. The highest BCUT2D eigenvalue weighted by Crippen LogP contribution is 2.72. The summed E-state index contributed by atoms with van der Waals surface area (Å²) in [4.78, 5) is 12.2. The van der Waals surface area contributed by atoms with Crippen molar-refractivity contribution in [2.45, 2.75) is 50.4 Å². The van der Waals surface area contributed by atoms with Gasteiger partial charge in [-0.15, -0.1) is 0 Å². The van der Waals surface area contributed by atoms with E-state index in [1.807, 2.05) is 6.92 Å². The Morgan fingerprint density at radius 3 is 2.38 bits per heavy atom. The van der Waals surface area contributed by atoms with Gasteiger partial charge in [0.25, 0.3) is 0 Å². The molecule has 7 atom stereocenters. The fraction of sp³-hybridized carbons (Fsp3) is 0.812. The second-order valence-electron chi connectivity index (χ2n) is 7.58. The topological polar surface area (TPSA) is 87.0 Å². The molecule has 3 aliphatic carbocycles. The lowest BCUT2D eigenvalue weighted by molar-refractivity contribution is -0.174. The molecule has 0 aromatic rings. The first-order valence-electron chi connectivity index (χ1n) is 7.48. The summed E-state index contributed by atoms with van der Waals surface area (Å²) in [6, 6.07) is 0. The van der Waals surface area contributed by atoms with Gasteiger partial charge in [0.05, 0.1) is 23.7 Å². The number of carbonyl (C=O) groups excluding carboxylic acids is 1. The van der Waals surface area contributed by atoms with Gasteiger partial charge in [0.2, 0.25) is 0 Å². The molecule has 0 aliphatic heterocycles. The smallest absolute Gasteiger partial charge is 0.312 e. The van der Waals surface area contributed by atoms with Crippen LogP contribution in [0.1, 0.15) is 33.6 Å². The third-order valence-corrected chi connectivity index (χ3v) is 6.35. The van der Waals surface area contributed by atoms with Gasteiger partial charge in [-0.05, 0) is 45.4 Å². The molecule has 0 aromatic carbocycles. The van der Waals surface area contributed by atoms with E-state index in [0.717, 1.165) is 0 Å². The molecule has 0 bridgehead atoms. The lowest BCUT2D eigenvalue weighted by Crippen LogP contribution is -2.58. The summed E-state index contributed by atoms with van der Waals surface area (Å²) >= 11 is 0. The first kappa shape index (κ1) is 15.0. The van der Waals surface area contributed by atoms with Gasteiger partial charge in [-0.2, -0.15) is 0 Å². The maximum atomic E-state index is 12.2. The van der Waals surface area contributed by atoms with E-state index >= 15 is 0 Å². The van der Waals surface area contributed by atoms with Crippen LogP contribution in [0.15, 0.2) is 12.2 Å². The van der Waals surface area contributed by atoms with E-state index in [1.54, 1.807) is 19.9 Å². The zero-order valence-corrected chi connectivity index (χ0v) is 13.0. The summed E-state index contributed by atoms with van der Waals surface area (Å²) in [6.07, 6.45) is 4.07. The number of ether oxygens (including phenoxy) is 1. The summed E-state index contributed by atoms with van der Waals surface area (Å²) in [5.74, 6) is -1.10. The molecule has 3 rings (SSSR count). The van der Waals surface area contributed by atoms with Crippen LogP contribution in [0, 0.1) is 23.2 Å². The SMILES string of the molecule is COC(=O)[C@@]1(C)[C@@H]2[C@@H]3[C@](O)(C=C[C@@]3(C)O)[C@](C)(O)CC[C@@H]21. The molecule has 0 unspecified atom stereocenters. The highest BCUT2D eigenvalue weighted by atomic mass is 16.5. The second kappa shape index (κ2) is 3.89. The molecule has 2 saturated carbocycles. The van der Waals surface area contributed by atoms with E-state index in [9.17, 15) is 20.1 Å². The summed E-state index contributed by atoms with van der Waals surface area (Å²) in [6.45, 7) is 5.07. The van der Waals surface area contributed by atoms with Gasteiger partial charge in [-0.1, -0.05) is 12.2 Å². The molecule has 0 radical (unpaired) electrons. The molecule has 3 N–H and O–H groups in total. The Balaban J connectivity index is 2.08. The predicted octanol–water partition coefficient (Wildman–Crippen LogP) is 0.625. The number of hydrogen-bond acceptors (Lipinski definition) is 5. The second-order valence-corrected chi connectivity index (χ2v) is 7.58. The van der Waals surface area contributed by atoms with Crippen LogP contribution in [0.25, 0.3) is 0 Å². The number of hydrogen-bond donors (Lipinski definition) is 3. The van der Waals surface area contributed by atoms with Crippen molar-refractivity contribution in [2.24, 2.45) is 23.2 Å². The third kappa shape index (κ3) is 1.60. The first-order valence-corrected chi connectivity index (χ1v) is 7.48. The van der Waals surface area contributed by atoms with Gasteiger partial charge in [0, 0.05) is 5.92 Å². The summed E-state index contributed by atoms with van der Waals surface area (Å²) in [5.41, 5.74) is -4.79. The van der Waals surface area contributed by atoms with Crippen LogP contribution < -0.4 is 0 Å². The monoisotopic (exact) mass is 296 g/mol. The Labute approximate surface area is 124 Å². The van der Waals surface area contributed by atoms with Crippen LogP contribution in [-0.4, -0.2) is 45.2 Å². The summed E-state index contributed by atoms with van der Waals surface area (Å²) in [5, 5.41) is 32.5. The van der Waals surface area contributed by atoms with Crippen molar-refractivity contribution in [1.82, 2.24) is 0 Å². The van der Waals surface area contributed by atoms with E-state index in [-0.39, 0.29) is 17.8 Å².